The number of piperidine rings is 4. The minimum atomic E-state index is 0.132. The van der Waals surface area contributed by atoms with E-state index in [4.69, 9.17) is 9.47 Å². The van der Waals surface area contributed by atoms with E-state index in [1.54, 1.807) is 34.8 Å². The smallest absolute Gasteiger partial charge is 0.161 e. The van der Waals surface area contributed by atoms with Crippen molar-refractivity contribution in [1.82, 2.24) is 37.9 Å². The van der Waals surface area contributed by atoms with E-state index in [0.29, 0.717) is 24.1 Å². The van der Waals surface area contributed by atoms with Crippen molar-refractivity contribution in [3.05, 3.63) is 210 Å². The minimum Gasteiger partial charge on any atom is -0.496 e. The number of likely N-dealkylation sites (tertiary alicyclic amines) is 3. The molecule has 2 atom stereocenters. The summed E-state index contributed by atoms with van der Waals surface area (Å²) in [5.74, 6) is 4.77. The molecule has 1 saturated carbocycles. The van der Waals surface area contributed by atoms with Crippen LogP contribution in [0.2, 0.25) is 0 Å². The lowest BCUT2D eigenvalue weighted by molar-refractivity contribution is -0.0244. The number of nitrogens with zero attached hydrogens (tertiary/aromatic N) is 8. The van der Waals surface area contributed by atoms with Gasteiger partial charge in [-0.25, -0.2) is 0 Å². The van der Waals surface area contributed by atoms with Gasteiger partial charge >= 0.3 is 0 Å². The second kappa shape index (κ2) is 36.6. The van der Waals surface area contributed by atoms with Gasteiger partial charge in [0.2, 0.25) is 0 Å². The molecule has 9 heterocycles. The molecular weight excluding hydrogens is 1310 g/mol. The first-order valence-electron chi connectivity index (χ1n) is 40.3. The van der Waals surface area contributed by atoms with Crippen LogP contribution in [-0.2, 0) is 37.3 Å². The molecule has 14 heteroatoms. The van der Waals surface area contributed by atoms with Gasteiger partial charge in [-0.05, 0) is 216 Å². The zero-order valence-electron chi connectivity index (χ0n) is 64.2. The number of carbonyl (C=O) groups excluding carboxylic acids is 4. The van der Waals surface area contributed by atoms with Crippen molar-refractivity contribution in [3.8, 4) is 5.75 Å². The van der Waals surface area contributed by atoms with Gasteiger partial charge in [0, 0.05) is 162 Å². The summed E-state index contributed by atoms with van der Waals surface area (Å²) >= 11 is 0. The molecule has 16 rings (SSSR count). The number of benzene rings is 6. The molecule has 5 aliphatic heterocycles. The highest BCUT2D eigenvalue weighted by Gasteiger charge is 2.41. The number of hydrogen-bond donors (Lipinski definition) is 0. The summed E-state index contributed by atoms with van der Waals surface area (Å²) in [6.45, 7) is 24.9. The number of carbonyl (C=O) groups is 4. The first-order valence-corrected chi connectivity index (χ1v) is 40.3. The largest absolute Gasteiger partial charge is 0.496 e. The monoisotopic (exact) mass is 1430 g/mol. The number of ketones is 4. The molecule has 106 heavy (non-hydrogen) atoms. The van der Waals surface area contributed by atoms with Crippen LogP contribution in [0.5, 0.6) is 5.75 Å². The van der Waals surface area contributed by atoms with E-state index in [9.17, 15) is 19.2 Å². The first-order chi connectivity index (χ1) is 51.7. The molecule has 0 N–H and O–H groups in total. The number of hydrogen-bond acceptors (Lipinski definition) is 10. The van der Waals surface area contributed by atoms with Crippen molar-refractivity contribution in [2.24, 2.45) is 17.8 Å². The third-order valence-electron chi connectivity index (χ3n) is 24.3. The highest BCUT2D eigenvalue weighted by Crippen LogP contribution is 2.40. The van der Waals surface area contributed by atoms with Crippen LogP contribution in [0.1, 0.15) is 189 Å². The average molecular weight is 1430 g/mol. The van der Waals surface area contributed by atoms with Gasteiger partial charge < -0.3 is 42.4 Å². The third-order valence-corrected chi connectivity index (χ3v) is 24.3. The lowest BCUT2D eigenvalue weighted by atomic mass is 9.89. The average Bonchev–Trinajstić information content (AvgIpc) is 1.65. The Hall–Kier alpha value is -8.24. The molecule has 560 valence electrons. The van der Waals surface area contributed by atoms with Crippen LogP contribution in [0.4, 0.5) is 0 Å². The summed E-state index contributed by atoms with van der Waals surface area (Å²) in [6, 6.07) is 53.6. The summed E-state index contributed by atoms with van der Waals surface area (Å²) < 4.78 is 20.8. The van der Waals surface area contributed by atoms with E-state index in [-0.39, 0.29) is 23.1 Å². The highest BCUT2D eigenvalue weighted by molar-refractivity contribution is 6.09. The number of para-hydroxylation sites is 5. The molecule has 2 bridgehead atoms. The molecule has 10 aromatic rings. The van der Waals surface area contributed by atoms with Crippen molar-refractivity contribution in [1.29, 1.82) is 0 Å². The van der Waals surface area contributed by atoms with Gasteiger partial charge in [0.25, 0.3) is 0 Å². The fourth-order valence-corrected chi connectivity index (χ4v) is 17.9. The molecule has 2 unspecified atom stereocenters. The van der Waals surface area contributed by atoms with Gasteiger partial charge in [0.05, 0.1) is 13.2 Å². The van der Waals surface area contributed by atoms with Gasteiger partial charge in [-0.2, -0.15) is 0 Å². The number of unbranched alkanes of at least 4 members (excludes halogenated alkanes) is 1. The van der Waals surface area contributed by atoms with Crippen LogP contribution in [0.25, 0.3) is 43.6 Å². The van der Waals surface area contributed by atoms with E-state index < -0.39 is 0 Å². The van der Waals surface area contributed by atoms with Gasteiger partial charge in [-0.1, -0.05) is 148 Å². The fraction of sp³-hybridized carbons (Fsp3) is 0.478. The standard InChI is InChI=1S/C24H28N2O2.C24H28N2O.C23H30N2O2.C21H30N2O/c1-18(27)22-17-26(23-9-5-3-8-21(22)23)16-15-25-13-11-19(12-14-25)20-7-4-6-10-24(20)28-2;1-19(27)23-18-26(24-10-6-5-9-22(23)24)16-15-25-13-11-21(12-14-25)17-20-7-3-2-4-8-20;1-16(26)22-14-24(23-5-3-2-4-21(22)23)10-11-25-18-8-9-19(25)13-20(12-18)27-15-17-6-7-17;1-3-4-7-18-10-12-22(13-11-18)14-15-23-16-20(17(2)24)19-8-5-6-9-21(19)23/h3-10,17,19H,11-16H2,1-2H3;2-10,18,21H,11-17H2,1H3;2-5,14,17-20H,6-13,15H2,1H3;5-6,8-9,16,18H,3-4,7,10-15H2,1-2H3. The van der Waals surface area contributed by atoms with Crippen LogP contribution in [-0.4, -0.2) is 158 Å². The number of aromatic nitrogens is 4. The van der Waals surface area contributed by atoms with E-state index in [1.165, 1.54) is 144 Å². The Morgan fingerprint density at radius 2 is 0.774 bits per heavy atom. The van der Waals surface area contributed by atoms with Crippen LogP contribution < -0.4 is 4.74 Å². The number of fused-ring (bicyclic) bond motifs is 6. The molecule has 1 aliphatic carbocycles. The predicted octanol–water partition coefficient (Wildman–Crippen LogP) is 18.5. The summed E-state index contributed by atoms with van der Waals surface area (Å²) in [5, 5.41) is 4.31. The summed E-state index contributed by atoms with van der Waals surface area (Å²) in [4.78, 5) is 58.2. The lowest BCUT2D eigenvalue weighted by Crippen LogP contribution is -2.46. The predicted molar refractivity (Wildman–Crippen MR) is 432 cm³/mol. The van der Waals surface area contributed by atoms with Crippen molar-refractivity contribution in [2.75, 3.05) is 79.2 Å². The quantitative estimate of drug-likeness (QED) is 0.0485. The molecule has 6 aromatic carbocycles. The zero-order chi connectivity index (χ0) is 73.5. The topological polar surface area (TPSA) is 119 Å². The third kappa shape index (κ3) is 19.2. The van der Waals surface area contributed by atoms with Crippen LogP contribution in [0.3, 0.4) is 0 Å². The molecule has 5 saturated heterocycles. The molecule has 0 radical (unpaired) electrons. The SMILES string of the molecule is CC(=O)c1cn(CCN2C3CCC2CC(OCC2CC2)C3)c2ccccc12.CC(=O)c1cn(CCN2CCC(Cc3ccccc3)CC2)c2ccccc12.CCCCC1CCN(CCn2cc(C(C)=O)c3ccccc32)CC1.COc1ccccc1C1CCN(CCn2cc(C(C)=O)c3ccccc32)CC1. The maximum absolute atomic E-state index is 12.0. The van der Waals surface area contributed by atoms with Crippen LogP contribution >= 0.6 is 0 Å². The molecule has 14 nitrogen and oxygen atoms in total. The maximum atomic E-state index is 12.0. The molecular formula is C92H116N8O6. The zero-order valence-corrected chi connectivity index (χ0v) is 64.2. The number of Topliss-reactive ketones (excluding diaryl/α,β-unsaturated/α-hetero) is 4. The van der Waals surface area contributed by atoms with Crippen LogP contribution in [0.15, 0.2) is 176 Å². The summed E-state index contributed by atoms with van der Waals surface area (Å²) in [7, 11) is 1.75. The van der Waals surface area contributed by atoms with Crippen molar-refractivity contribution in [2.45, 2.75) is 188 Å². The van der Waals surface area contributed by atoms with Gasteiger partial charge in [0.15, 0.2) is 23.1 Å². The van der Waals surface area contributed by atoms with E-state index >= 15 is 0 Å². The Balaban J connectivity index is 0.000000125. The second-order valence-electron chi connectivity index (χ2n) is 31.5. The molecule has 0 amide bonds. The highest BCUT2D eigenvalue weighted by atomic mass is 16.5. The van der Waals surface area contributed by atoms with E-state index in [2.05, 4.69) is 160 Å². The van der Waals surface area contributed by atoms with Crippen molar-refractivity contribution >= 4 is 66.7 Å². The van der Waals surface area contributed by atoms with Crippen molar-refractivity contribution in [3.63, 3.8) is 0 Å². The van der Waals surface area contributed by atoms with Gasteiger partial charge in [-0.3, -0.25) is 24.1 Å². The Morgan fingerprint density at radius 3 is 1.18 bits per heavy atom. The molecule has 6 aliphatic rings. The Labute approximate surface area is 630 Å². The number of ether oxygens (including phenoxy) is 2. The Bertz CT molecular complexity index is 4520. The molecule has 0 spiro atoms. The molecule has 6 fully saturated rings. The number of methoxy groups -OCH3 is 1. The van der Waals surface area contributed by atoms with Gasteiger partial charge in [-0.15, -0.1) is 0 Å². The maximum Gasteiger partial charge on any atom is 0.161 e. The van der Waals surface area contributed by atoms with E-state index in [1.807, 2.05) is 61.1 Å². The van der Waals surface area contributed by atoms with E-state index in [0.717, 1.165) is 158 Å². The summed E-state index contributed by atoms with van der Waals surface area (Å²) in [6.07, 6.45) is 29.3. The Kier molecular flexibility index (Phi) is 26.2. The minimum absolute atomic E-state index is 0.132. The summed E-state index contributed by atoms with van der Waals surface area (Å²) in [5.41, 5.74) is 10.8. The fourth-order valence-electron chi connectivity index (χ4n) is 17.9. The Morgan fingerprint density at radius 1 is 0.396 bits per heavy atom. The molecule has 4 aromatic heterocycles. The number of rotatable bonds is 26. The lowest BCUT2D eigenvalue weighted by Gasteiger charge is -2.39. The van der Waals surface area contributed by atoms with Crippen molar-refractivity contribution < 1.29 is 28.7 Å². The first kappa shape index (κ1) is 76.0. The second-order valence-corrected chi connectivity index (χ2v) is 31.5. The van der Waals surface area contributed by atoms with Gasteiger partial charge in [0.1, 0.15) is 5.75 Å². The van der Waals surface area contributed by atoms with Crippen LogP contribution in [0, 0.1) is 17.8 Å². The normalized spacial score (nSPS) is 19.2.